The predicted octanol–water partition coefficient (Wildman–Crippen LogP) is 1.23. The molecule has 0 aliphatic rings. The minimum Gasteiger partial charge on any atom is -0.478 e. The van der Waals surface area contributed by atoms with Crippen LogP contribution in [0.25, 0.3) is 0 Å². The number of hydrogen-bond donors (Lipinski definition) is 4. The van der Waals surface area contributed by atoms with E-state index < -0.39 is 23.9 Å². The van der Waals surface area contributed by atoms with Crippen molar-refractivity contribution in [2.24, 2.45) is 0 Å². The summed E-state index contributed by atoms with van der Waals surface area (Å²) in [5, 5.41) is 30.9. The van der Waals surface area contributed by atoms with Gasteiger partial charge in [-0.2, -0.15) is 0 Å². The molecule has 0 aliphatic heterocycles. The summed E-state index contributed by atoms with van der Waals surface area (Å²) < 4.78 is 0. The Bertz CT molecular complexity index is 356. The molecule has 8 nitrogen and oxygen atoms in total. The van der Waals surface area contributed by atoms with E-state index in [-0.39, 0.29) is 11.1 Å². The van der Waals surface area contributed by atoms with Gasteiger partial charge in [0.05, 0.1) is 0 Å². The topological polar surface area (TPSA) is 149 Å². The van der Waals surface area contributed by atoms with Crippen LogP contribution in [0.5, 0.6) is 0 Å². The van der Waals surface area contributed by atoms with Crippen LogP contribution in [0.1, 0.15) is 26.7 Å². The third-order valence-electron chi connectivity index (χ3n) is 1.64. The van der Waals surface area contributed by atoms with Crippen molar-refractivity contribution in [3.05, 3.63) is 24.3 Å². The van der Waals surface area contributed by atoms with Crippen molar-refractivity contribution in [1.82, 2.24) is 0 Å². The third-order valence-corrected chi connectivity index (χ3v) is 1.64. The number of aliphatic carboxylic acids is 4. The van der Waals surface area contributed by atoms with E-state index in [0.29, 0.717) is 12.8 Å². The van der Waals surface area contributed by atoms with Crippen LogP contribution in [0.3, 0.4) is 0 Å². The van der Waals surface area contributed by atoms with E-state index in [1.165, 1.54) is 0 Å². The van der Waals surface area contributed by atoms with Crippen LogP contribution in [0.15, 0.2) is 24.3 Å². The quantitative estimate of drug-likeness (QED) is 0.446. The largest absolute Gasteiger partial charge is 0.478 e. The van der Waals surface area contributed by atoms with Gasteiger partial charge in [0.2, 0.25) is 0 Å². The van der Waals surface area contributed by atoms with Crippen molar-refractivity contribution in [3.63, 3.8) is 0 Å². The molecule has 0 spiro atoms. The van der Waals surface area contributed by atoms with Gasteiger partial charge in [-0.05, 0) is 12.8 Å². The summed E-state index contributed by atoms with van der Waals surface area (Å²) in [6.07, 6.45) is 1.05. The molecular formula is C12H18O8. The zero-order chi connectivity index (χ0) is 16.9. The minimum atomic E-state index is -1.82. The first-order valence-corrected chi connectivity index (χ1v) is 5.29. The molecule has 0 saturated carbocycles. The van der Waals surface area contributed by atoms with Gasteiger partial charge in [-0.25, -0.2) is 19.2 Å². The molecule has 0 heterocycles. The molecule has 8 heteroatoms. The summed E-state index contributed by atoms with van der Waals surface area (Å²) in [5.74, 6) is -5.45. The van der Waals surface area contributed by atoms with Gasteiger partial charge in [0.25, 0.3) is 0 Å². The van der Waals surface area contributed by atoms with E-state index in [9.17, 15) is 9.59 Å². The van der Waals surface area contributed by atoms with Crippen LogP contribution in [-0.4, -0.2) is 44.3 Å². The van der Waals surface area contributed by atoms with Gasteiger partial charge in [-0.3, -0.25) is 0 Å². The minimum absolute atomic E-state index is 0.264. The highest BCUT2D eigenvalue weighted by Gasteiger charge is 2.04. The summed E-state index contributed by atoms with van der Waals surface area (Å²) in [7, 11) is 0. The Morgan fingerprint density at radius 3 is 0.850 bits per heavy atom. The predicted molar refractivity (Wildman–Crippen MR) is 69.4 cm³/mol. The van der Waals surface area contributed by atoms with E-state index in [1.807, 2.05) is 0 Å². The third kappa shape index (κ3) is 17.7. The summed E-state index contributed by atoms with van der Waals surface area (Å²) in [6.45, 7) is 10.1. The Kier molecular flexibility index (Phi) is 14.4. The summed E-state index contributed by atoms with van der Waals surface area (Å²) in [5.41, 5.74) is 0.528. The Balaban J connectivity index is -0.000000218. The Labute approximate surface area is 115 Å². The Morgan fingerprint density at radius 1 is 0.650 bits per heavy atom. The first-order chi connectivity index (χ1) is 9.00. The molecule has 0 aromatic rings. The second-order valence-corrected chi connectivity index (χ2v) is 3.13. The number of hydrogen-bond acceptors (Lipinski definition) is 4. The first-order valence-electron chi connectivity index (χ1n) is 5.29. The number of carboxylic acid groups (broad SMARTS) is 4. The molecule has 0 amide bonds. The highest BCUT2D eigenvalue weighted by molar-refractivity contribution is 6.27. The van der Waals surface area contributed by atoms with E-state index in [2.05, 4.69) is 13.2 Å². The lowest BCUT2D eigenvalue weighted by Gasteiger charge is -1.87. The van der Waals surface area contributed by atoms with E-state index in [0.717, 1.165) is 0 Å². The number of carbonyl (C=O) groups is 4. The molecule has 0 aromatic heterocycles. The molecule has 0 rings (SSSR count). The van der Waals surface area contributed by atoms with Gasteiger partial charge < -0.3 is 20.4 Å². The highest BCUT2D eigenvalue weighted by Crippen LogP contribution is 1.93. The first kappa shape index (κ1) is 22.5. The van der Waals surface area contributed by atoms with Gasteiger partial charge in [0.15, 0.2) is 0 Å². The lowest BCUT2D eigenvalue weighted by molar-refractivity contribution is -0.159. The maximum absolute atomic E-state index is 9.83. The second-order valence-electron chi connectivity index (χ2n) is 3.13. The standard InChI is InChI=1S/2C5H8O2.C2H2O4/c2*1-3-4(2)5(6)7;3-1(4)2(5)6/h2*2-3H2,1H3,(H,6,7);(H,3,4)(H,5,6). The summed E-state index contributed by atoms with van der Waals surface area (Å²) >= 11 is 0. The maximum atomic E-state index is 9.83. The van der Waals surface area contributed by atoms with Gasteiger partial charge >= 0.3 is 23.9 Å². The average Bonchev–Trinajstić information content (AvgIpc) is 2.37. The lowest BCUT2D eigenvalue weighted by atomic mass is 10.2. The van der Waals surface area contributed by atoms with Crippen LogP contribution in [0, 0.1) is 0 Å². The van der Waals surface area contributed by atoms with Crippen molar-refractivity contribution in [2.75, 3.05) is 0 Å². The van der Waals surface area contributed by atoms with E-state index >= 15 is 0 Å². The maximum Gasteiger partial charge on any atom is 0.414 e. The van der Waals surface area contributed by atoms with Crippen LogP contribution in [-0.2, 0) is 19.2 Å². The van der Waals surface area contributed by atoms with E-state index in [4.69, 9.17) is 30.0 Å². The molecule has 0 saturated heterocycles. The van der Waals surface area contributed by atoms with Crippen LogP contribution in [0.4, 0.5) is 0 Å². The second kappa shape index (κ2) is 12.8. The fraction of sp³-hybridized carbons (Fsp3) is 0.333. The Hall–Kier alpha value is -2.64. The molecule has 0 atom stereocenters. The van der Waals surface area contributed by atoms with Crippen molar-refractivity contribution in [3.8, 4) is 0 Å². The zero-order valence-corrected chi connectivity index (χ0v) is 11.3. The molecule has 0 aliphatic carbocycles. The molecular weight excluding hydrogens is 272 g/mol. The van der Waals surface area contributed by atoms with Crippen molar-refractivity contribution in [1.29, 1.82) is 0 Å². The molecule has 0 radical (unpaired) electrons. The zero-order valence-electron chi connectivity index (χ0n) is 11.3. The fourth-order valence-electron chi connectivity index (χ4n) is 0.302. The van der Waals surface area contributed by atoms with Crippen LogP contribution < -0.4 is 0 Å². The molecule has 4 N–H and O–H groups in total. The van der Waals surface area contributed by atoms with Crippen molar-refractivity contribution < 1.29 is 39.6 Å². The van der Waals surface area contributed by atoms with Crippen LogP contribution in [0.2, 0.25) is 0 Å². The molecule has 0 unspecified atom stereocenters. The normalized spacial score (nSPS) is 7.90. The number of carboxylic acids is 4. The van der Waals surface area contributed by atoms with Gasteiger partial charge in [-0.1, -0.05) is 27.0 Å². The van der Waals surface area contributed by atoms with Crippen molar-refractivity contribution >= 4 is 23.9 Å². The lowest BCUT2D eigenvalue weighted by Crippen LogP contribution is -2.09. The monoisotopic (exact) mass is 290 g/mol. The number of rotatable bonds is 4. The van der Waals surface area contributed by atoms with E-state index in [1.54, 1.807) is 13.8 Å². The molecule has 0 bridgehead atoms. The average molecular weight is 290 g/mol. The van der Waals surface area contributed by atoms with Gasteiger partial charge in [0, 0.05) is 11.1 Å². The Morgan fingerprint density at radius 2 is 0.850 bits per heavy atom. The van der Waals surface area contributed by atoms with Gasteiger partial charge in [0.1, 0.15) is 0 Å². The smallest absolute Gasteiger partial charge is 0.414 e. The van der Waals surface area contributed by atoms with Crippen LogP contribution >= 0.6 is 0 Å². The summed E-state index contributed by atoms with van der Waals surface area (Å²) in [4.78, 5) is 37.9. The summed E-state index contributed by atoms with van der Waals surface area (Å²) in [6, 6.07) is 0. The molecule has 0 aromatic carbocycles. The van der Waals surface area contributed by atoms with Crippen molar-refractivity contribution in [2.45, 2.75) is 26.7 Å². The van der Waals surface area contributed by atoms with Gasteiger partial charge in [-0.15, -0.1) is 0 Å². The SMILES string of the molecule is C=C(CC)C(=O)O.C=C(CC)C(=O)O.O=C(O)C(=O)O. The highest BCUT2D eigenvalue weighted by atomic mass is 16.4. The fourth-order valence-corrected chi connectivity index (χ4v) is 0.302. The molecule has 0 fully saturated rings. The molecule has 20 heavy (non-hydrogen) atoms. The molecule has 114 valence electrons.